The van der Waals surface area contributed by atoms with Crippen molar-refractivity contribution in [2.45, 2.75) is 13.0 Å². The molecular weight excluding hydrogens is 481 g/mol. The van der Waals surface area contributed by atoms with Crippen LogP contribution in [0.25, 0.3) is 11.5 Å². The van der Waals surface area contributed by atoms with Gasteiger partial charge in [0.1, 0.15) is 6.26 Å². The first-order valence-electron chi connectivity index (χ1n) is 10.1. The number of ether oxygens (including phenoxy) is 1. The van der Waals surface area contributed by atoms with Gasteiger partial charge in [-0.3, -0.25) is 9.89 Å². The van der Waals surface area contributed by atoms with Gasteiger partial charge >= 0.3 is 0 Å². The van der Waals surface area contributed by atoms with Gasteiger partial charge in [-0.2, -0.15) is 0 Å². The molecule has 8 heteroatoms. The minimum atomic E-state index is 0. The lowest BCUT2D eigenvalue weighted by Gasteiger charge is -2.37. The number of nitrogens with one attached hydrogen (secondary N) is 1. The van der Waals surface area contributed by atoms with Gasteiger partial charge in [-0.1, -0.05) is 18.2 Å². The Morgan fingerprint density at radius 2 is 2.00 bits per heavy atom. The van der Waals surface area contributed by atoms with E-state index in [0.717, 1.165) is 63.2 Å². The molecular formula is C21H30IN5O2. The van der Waals surface area contributed by atoms with Crippen molar-refractivity contribution in [1.82, 2.24) is 20.1 Å². The molecule has 3 heterocycles. The van der Waals surface area contributed by atoms with E-state index in [9.17, 15) is 0 Å². The normalized spacial score (nSPS) is 20.5. The average Bonchev–Trinajstić information content (AvgIpc) is 3.42. The highest BCUT2D eigenvalue weighted by atomic mass is 127. The zero-order valence-electron chi connectivity index (χ0n) is 16.9. The van der Waals surface area contributed by atoms with Gasteiger partial charge in [0.15, 0.2) is 5.96 Å². The Hall–Kier alpha value is -1.65. The maximum atomic E-state index is 5.62. The smallest absolute Gasteiger partial charge is 0.226 e. The third-order valence-corrected chi connectivity index (χ3v) is 5.42. The second-order valence-corrected chi connectivity index (χ2v) is 7.43. The predicted molar refractivity (Wildman–Crippen MR) is 124 cm³/mol. The Bertz CT molecular complexity index is 768. The van der Waals surface area contributed by atoms with E-state index in [1.54, 1.807) is 6.26 Å². The number of piperazine rings is 1. The SMILES string of the molecule is CN=C(NCc1coc(-c2ccccc2)n1)N1CCN(CC2CCOC2)CC1.I. The Labute approximate surface area is 189 Å². The van der Waals surface area contributed by atoms with Gasteiger partial charge in [-0.15, -0.1) is 24.0 Å². The van der Waals surface area contributed by atoms with E-state index in [1.807, 2.05) is 37.4 Å². The van der Waals surface area contributed by atoms with Crippen molar-refractivity contribution in [2.24, 2.45) is 10.9 Å². The molecule has 2 aliphatic rings. The van der Waals surface area contributed by atoms with Crippen LogP contribution in [0.1, 0.15) is 12.1 Å². The molecule has 1 aromatic carbocycles. The van der Waals surface area contributed by atoms with E-state index < -0.39 is 0 Å². The first kappa shape index (κ1) is 22.0. The minimum absolute atomic E-state index is 0. The largest absolute Gasteiger partial charge is 0.444 e. The predicted octanol–water partition coefficient (Wildman–Crippen LogP) is 2.69. The highest BCUT2D eigenvalue weighted by Gasteiger charge is 2.24. The number of rotatable bonds is 5. The lowest BCUT2D eigenvalue weighted by Crippen LogP contribution is -2.53. The summed E-state index contributed by atoms with van der Waals surface area (Å²) in [6, 6.07) is 9.95. The molecule has 0 amide bonds. The maximum absolute atomic E-state index is 5.62. The van der Waals surface area contributed by atoms with Crippen LogP contribution in [0.5, 0.6) is 0 Å². The fraction of sp³-hybridized carbons (Fsp3) is 0.524. The van der Waals surface area contributed by atoms with E-state index in [-0.39, 0.29) is 24.0 Å². The lowest BCUT2D eigenvalue weighted by molar-refractivity contribution is 0.139. The molecule has 7 nitrogen and oxygen atoms in total. The highest BCUT2D eigenvalue weighted by Crippen LogP contribution is 2.18. The summed E-state index contributed by atoms with van der Waals surface area (Å²) in [6.45, 7) is 7.71. The molecule has 2 aliphatic heterocycles. The van der Waals surface area contributed by atoms with Gasteiger partial charge in [0.05, 0.1) is 18.8 Å². The van der Waals surface area contributed by atoms with Crippen molar-refractivity contribution in [2.75, 3.05) is 53.0 Å². The van der Waals surface area contributed by atoms with Gasteiger partial charge in [-0.05, 0) is 24.5 Å². The van der Waals surface area contributed by atoms with Gasteiger partial charge in [0, 0.05) is 51.9 Å². The monoisotopic (exact) mass is 511 g/mol. The molecule has 0 spiro atoms. The summed E-state index contributed by atoms with van der Waals surface area (Å²) in [6.07, 6.45) is 2.91. The van der Waals surface area contributed by atoms with E-state index in [1.165, 1.54) is 6.42 Å². The summed E-state index contributed by atoms with van der Waals surface area (Å²) >= 11 is 0. The van der Waals surface area contributed by atoms with Gasteiger partial charge in [0.2, 0.25) is 5.89 Å². The topological polar surface area (TPSA) is 66.1 Å². The molecule has 1 aromatic heterocycles. The Kier molecular flexibility index (Phi) is 8.31. The van der Waals surface area contributed by atoms with Crippen LogP contribution in [0.15, 0.2) is 46.0 Å². The van der Waals surface area contributed by atoms with Gasteiger partial charge in [-0.25, -0.2) is 4.98 Å². The number of halogens is 1. The zero-order valence-corrected chi connectivity index (χ0v) is 19.2. The summed E-state index contributed by atoms with van der Waals surface area (Å²) in [5, 5.41) is 3.42. The Morgan fingerprint density at radius 1 is 1.21 bits per heavy atom. The quantitative estimate of drug-likeness (QED) is 0.379. The van der Waals surface area contributed by atoms with Crippen LogP contribution < -0.4 is 5.32 Å². The molecule has 2 saturated heterocycles. The van der Waals surface area contributed by atoms with Crippen LogP contribution in [-0.4, -0.2) is 73.7 Å². The third kappa shape index (κ3) is 5.93. The van der Waals surface area contributed by atoms with Gasteiger partial charge in [0.25, 0.3) is 0 Å². The third-order valence-electron chi connectivity index (χ3n) is 5.42. The lowest BCUT2D eigenvalue weighted by atomic mass is 10.1. The van der Waals surface area contributed by atoms with Crippen LogP contribution in [0.2, 0.25) is 0 Å². The number of guanidine groups is 1. The highest BCUT2D eigenvalue weighted by molar-refractivity contribution is 14.0. The molecule has 1 N–H and O–H groups in total. The molecule has 0 aliphatic carbocycles. The molecule has 2 fully saturated rings. The average molecular weight is 511 g/mol. The molecule has 0 saturated carbocycles. The van der Waals surface area contributed by atoms with Crippen molar-refractivity contribution < 1.29 is 9.15 Å². The van der Waals surface area contributed by atoms with Crippen LogP contribution in [0.3, 0.4) is 0 Å². The standard InChI is InChI=1S/C21H29N5O2.HI/c1-22-21(26-10-8-25(9-11-26)14-17-7-12-27-15-17)23-13-19-16-28-20(24-19)18-5-3-2-4-6-18;/h2-6,16-17H,7-15H2,1H3,(H,22,23);1H. The van der Waals surface area contributed by atoms with Gasteiger partial charge < -0.3 is 19.4 Å². The second-order valence-electron chi connectivity index (χ2n) is 7.43. The van der Waals surface area contributed by atoms with Crippen LogP contribution in [0, 0.1) is 5.92 Å². The van der Waals surface area contributed by atoms with Crippen LogP contribution in [-0.2, 0) is 11.3 Å². The number of aliphatic imine (C=N–C) groups is 1. The molecule has 2 aromatic rings. The number of nitrogens with zero attached hydrogens (tertiary/aromatic N) is 4. The zero-order chi connectivity index (χ0) is 19.2. The van der Waals surface area contributed by atoms with Crippen molar-refractivity contribution in [3.8, 4) is 11.5 Å². The number of benzene rings is 1. The minimum Gasteiger partial charge on any atom is -0.444 e. The molecule has 4 rings (SSSR count). The fourth-order valence-electron chi connectivity index (χ4n) is 3.84. The molecule has 1 atom stereocenters. The summed E-state index contributed by atoms with van der Waals surface area (Å²) in [7, 11) is 1.84. The number of aromatic nitrogens is 1. The molecule has 29 heavy (non-hydrogen) atoms. The number of hydrogen-bond donors (Lipinski definition) is 1. The maximum Gasteiger partial charge on any atom is 0.226 e. The van der Waals surface area contributed by atoms with E-state index in [0.29, 0.717) is 18.4 Å². The molecule has 0 radical (unpaired) electrons. The van der Waals surface area contributed by atoms with E-state index >= 15 is 0 Å². The number of oxazole rings is 1. The van der Waals surface area contributed by atoms with Crippen LogP contribution >= 0.6 is 24.0 Å². The van der Waals surface area contributed by atoms with Crippen LogP contribution in [0.4, 0.5) is 0 Å². The van der Waals surface area contributed by atoms with Crippen molar-refractivity contribution >= 4 is 29.9 Å². The summed E-state index contributed by atoms with van der Waals surface area (Å²) in [5.41, 5.74) is 1.86. The second kappa shape index (κ2) is 10.9. The first-order chi connectivity index (χ1) is 13.8. The van der Waals surface area contributed by atoms with Crippen molar-refractivity contribution in [3.05, 3.63) is 42.3 Å². The molecule has 0 bridgehead atoms. The summed E-state index contributed by atoms with van der Waals surface area (Å²) in [4.78, 5) is 13.9. The number of hydrogen-bond acceptors (Lipinski definition) is 5. The summed E-state index contributed by atoms with van der Waals surface area (Å²) in [5.74, 6) is 2.28. The Morgan fingerprint density at radius 3 is 2.69 bits per heavy atom. The summed E-state index contributed by atoms with van der Waals surface area (Å²) < 4.78 is 11.1. The van der Waals surface area contributed by atoms with E-state index in [2.05, 4.69) is 25.1 Å². The molecule has 158 valence electrons. The van der Waals surface area contributed by atoms with E-state index in [4.69, 9.17) is 9.15 Å². The Balaban J connectivity index is 0.00000240. The molecule has 1 unspecified atom stereocenters. The fourth-order valence-corrected chi connectivity index (χ4v) is 3.84. The first-order valence-corrected chi connectivity index (χ1v) is 10.1. The van der Waals surface area contributed by atoms with Crippen molar-refractivity contribution in [3.63, 3.8) is 0 Å². The van der Waals surface area contributed by atoms with Crippen molar-refractivity contribution in [1.29, 1.82) is 0 Å².